The fraction of sp³-hybridized carbons (Fsp3) is 0.267. The monoisotopic (exact) mass is 317 g/mol. The lowest BCUT2D eigenvalue weighted by molar-refractivity contribution is 0.175. The lowest BCUT2D eigenvalue weighted by Crippen LogP contribution is -2.42. The molecular formula is C15H12FN3O2S. The number of anilines is 1. The molecule has 0 saturated carbocycles. The van der Waals surface area contributed by atoms with Crippen LogP contribution < -0.4 is 4.90 Å². The highest BCUT2D eigenvalue weighted by Gasteiger charge is 2.42. The van der Waals surface area contributed by atoms with E-state index in [1.54, 1.807) is 5.38 Å². The van der Waals surface area contributed by atoms with Crippen LogP contribution in [0.1, 0.15) is 19.4 Å². The number of rotatable bonds is 2. The Balaban J connectivity index is 1.98. The highest BCUT2D eigenvalue weighted by atomic mass is 32.1. The van der Waals surface area contributed by atoms with Crippen LogP contribution >= 0.6 is 11.3 Å². The summed E-state index contributed by atoms with van der Waals surface area (Å²) in [5.41, 5.74) is 0.486. The van der Waals surface area contributed by atoms with Gasteiger partial charge in [-0.2, -0.15) is 5.26 Å². The number of carbonyl (C=O) groups is 1. The molecule has 5 nitrogen and oxygen atoms in total. The van der Waals surface area contributed by atoms with Crippen LogP contribution in [0.25, 0.3) is 11.3 Å². The zero-order chi connectivity index (χ0) is 15.9. The van der Waals surface area contributed by atoms with Gasteiger partial charge in [0.05, 0.1) is 22.9 Å². The molecular weight excluding hydrogens is 305 g/mol. The number of carbonyl (C=O) groups excluding carboxylic acids is 1. The van der Waals surface area contributed by atoms with Crippen LogP contribution in [0.5, 0.6) is 0 Å². The second-order valence-electron chi connectivity index (χ2n) is 5.52. The molecule has 1 saturated heterocycles. The molecule has 1 aliphatic rings. The van der Waals surface area contributed by atoms with Crippen molar-refractivity contribution < 1.29 is 13.9 Å². The van der Waals surface area contributed by atoms with Crippen LogP contribution in [0.3, 0.4) is 0 Å². The first-order valence-electron chi connectivity index (χ1n) is 6.55. The van der Waals surface area contributed by atoms with Gasteiger partial charge in [0.15, 0.2) is 5.13 Å². The zero-order valence-electron chi connectivity index (χ0n) is 12.0. The number of hydrogen-bond donors (Lipinski definition) is 0. The number of cyclic esters (lactones) is 1. The SMILES string of the molecule is CC1(C)COC(=O)N1c1nc(-c2ccc(C#N)cc2F)cs1. The summed E-state index contributed by atoms with van der Waals surface area (Å²) in [4.78, 5) is 17.7. The number of hydrogen-bond acceptors (Lipinski definition) is 5. The Hall–Kier alpha value is -2.46. The minimum atomic E-state index is -0.515. The van der Waals surface area contributed by atoms with E-state index >= 15 is 0 Å². The smallest absolute Gasteiger partial charge is 0.416 e. The van der Waals surface area contributed by atoms with Crippen LogP contribution in [-0.4, -0.2) is 23.2 Å². The third-order valence-electron chi connectivity index (χ3n) is 3.39. The maximum absolute atomic E-state index is 14.0. The highest BCUT2D eigenvalue weighted by molar-refractivity contribution is 7.14. The molecule has 0 atom stereocenters. The Kier molecular flexibility index (Phi) is 3.34. The fourth-order valence-corrected chi connectivity index (χ4v) is 3.21. The van der Waals surface area contributed by atoms with Crippen molar-refractivity contribution in [3.8, 4) is 17.3 Å². The predicted molar refractivity (Wildman–Crippen MR) is 80.1 cm³/mol. The topological polar surface area (TPSA) is 66.2 Å². The molecule has 0 N–H and O–H groups in total. The first-order chi connectivity index (χ1) is 10.4. The number of nitriles is 1. The van der Waals surface area contributed by atoms with Crippen molar-refractivity contribution in [2.24, 2.45) is 0 Å². The van der Waals surface area contributed by atoms with Crippen molar-refractivity contribution in [2.45, 2.75) is 19.4 Å². The van der Waals surface area contributed by atoms with E-state index in [0.29, 0.717) is 16.4 Å². The van der Waals surface area contributed by atoms with Gasteiger partial charge in [0.25, 0.3) is 0 Å². The Morgan fingerprint density at radius 1 is 1.50 bits per heavy atom. The van der Waals surface area contributed by atoms with Gasteiger partial charge in [0.1, 0.15) is 12.4 Å². The van der Waals surface area contributed by atoms with E-state index in [2.05, 4.69) is 4.98 Å². The number of benzene rings is 1. The molecule has 0 spiro atoms. The van der Waals surface area contributed by atoms with Crippen LogP contribution in [0.15, 0.2) is 23.6 Å². The molecule has 2 heterocycles. The molecule has 0 unspecified atom stereocenters. The van der Waals surface area contributed by atoms with Gasteiger partial charge < -0.3 is 4.74 Å². The molecule has 7 heteroatoms. The first kappa shape index (κ1) is 14.5. The molecule has 0 aliphatic carbocycles. The largest absolute Gasteiger partial charge is 0.447 e. The average Bonchev–Trinajstić information content (AvgIpc) is 3.03. The molecule has 0 bridgehead atoms. The number of amides is 1. The second-order valence-corrected chi connectivity index (χ2v) is 6.36. The van der Waals surface area contributed by atoms with Crippen molar-refractivity contribution in [2.75, 3.05) is 11.5 Å². The van der Waals surface area contributed by atoms with Gasteiger partial charge in [-0.3, -0.25) is 0 Å². The van der Waals surface area contributed by atoms with Gasteiger partial charge >= 0.3 is 6.09 Å². The van der Waals surface area contributed by atoms with Crippen molar-refractivity contribution in [1.29, 1.82) is 5.26 Å². The van der Waals surface area contributed by atoms with Gasteiger partial charge in [-0.25, -0.2) is 19.1 Å². The molecule has 22 heavy (non-hydrogen) atoms. The van der Waals surface area contributed by atoms with Crippen LogP contribution in [0.2, 0.25) is 0 Å². The molecule has 2 aromatic rings. The quantitative estimate of drug-likeness (QED) is 0.849. The minimum absolute atomic E-state index is 0.251. The Morgan fingerprint density at radius 2 is 2.27 bits per heavy atom. The van der Waals surface area contributed by atoms with Crippen molar-refractivity contribution >= 4 is 22.6 Å². The Bertz CT molecular complexity index is 794. The Labute approximate surface area is 130 Å². The summed E-state index contributed by atoms with van der Waals surface area (Å²) in [7, 11) is 0. The summed E-state index contributed by atoms with van der Waals surface area (Å²) >= 11 is 1.25. The zero-order valence-corrected chi connectivity index (χ0v) is 12.8. The average molecular weight is 317 g/mol. The van der Waals surface area contributed by atoms with Gasteiger partial charge in [0.2, 0.25) is 0 Å². The van der Waals surface area contributed by atoms with E-state index in [1.807, 2.05) is 19.9 Å². The maximum atomic E-state index is 14.0. The molecule has 0 radical (unpaired) electrons. The van der Waals surface area contributed by atoms with Crippen molar-refractivity contribution in [3.63, 3.8) is 0 Å². The first-order valence-corrected chi connectivity index (χ1v) is 7.43. The summed E-state index contributed by atoms with van der Waals surface area (Å²) in [6.07, 6.45) is -0.453. The highest BCUT2D eigenvalue weighted by Crippen LogP contribution is 2.35. The van der Waals surface area contributed by atoms with Crippen molar-refractivity contribution in [1.82, 2.24) is 4.98 Å². The number of halogens is 1. The van der Waals surface area contributed by atoms with Crippen molar-refractivity contribution in [3.05, 3.63) is 35.0 Å². The summed E-state index contributed by atoms with van der Waals surface area (Å²) in [6, 6.07) is 6.10. The molecule has 1 aromatic heterocycles. The number of nitrogens with zero attached hydrogens (tertiary/aromatic N) is 3. The molecule has 3 rings (SSSR count). The van der Waals surface area contributed by atoms with Gasteiger partial charge in [-0.1, -0.05) is 0 Å². The lowest BCUT2D eigenvalue weighted by Gasteiger charge is -2.24. The lowest BCUT2D eigenvalue weighted by atomic mass is 10.1. The summed E-state index contributed by atoms with van der Waals surface area (Å²) in [5, 5.41) is 10.9. The van der Waals surface area contributed by atoms with Gasteiger partial charge in [0, 0.05) is 10.9 Å². The molecule has 1 fully saturated rings. The van der Waals surface area contributed by atoms with Crippen LogP contribution in [-0.2, 0) is 4.74 Å². The number of thiazole rings is 1. The molecule has 1 aliphatic heterocycles. The third kappa shape index (κ3) is 2.31. The Morgan fingerprint density at radius 3 is 2.86 bits per heavy atom. The summed E-state index contributed by atoms with van der Waals surface area (Å²) < 4.78 is 19.1. The van der Waals surface area contributed by atoms with E-state index < -0.39 is 17.4 Å². The number of ether oxygens (including phenoxy) is 1. The van der Waals surface area contributed by atoms with E-state index in [1.165, 1.54) is 34.4 Å². The standard InChI is InChI=1S/C15H12FN3O2S/c1-15(2)8-21-14(20)19(15)13-18-12(7-22-13)10-4-3-9(6-17)5-11(10)16/h3-5,7H,8H2,1-2H3. The molecule has 1 amide bonds. The summed E-state index contributed by atoms with van der Waals surface area (Å²) in [5.74, 6) is -0.515. The fourth-order valence-electron chi connectivity index (χ4n) is 2.23. The summed E-state index contributed by atoms with van der Waals surface area (Å²) in [6.45, 7) is 4.04. The third-order valence-corrected chi connectivity index (χ3v) is 4.22. The van der Waals surface area contributed by atoms with Crippen LogP contribution in [0.4, 0.5) is 14.3 Å². The normalized spacial score (nSPS) is 16.5. The molecule has 112 valence electrons. The van der Waals surface area contributed by atoms with E-state index in [9.17, 15) is 9.18 Å². The second kappa shape index (κ2) is 5.07. The van der Waals surface area contributed by atoms with Gasteiger partial charge in [-0.05, 0) is 32.0 Å². The van der Waals surface area contributed by atoms with E-state index in [-0.39, 0.29) is 12.2 Å². The molecule has 1 aromatic carbocycles. The van der Waals surface area contributed by atoms with E-state index in [0.717, 1.165) is 0 Å². The van der Waals surface area contributed by atoms with Crippen LogP contribution in [0, 0.1) is 17.1 Å². The predicted octanol–water partition coefficient (Wildman–Crippen LogP) is 3.56. The van der Waals surface area contributed by atoms with Gasteiger partial charge in [-0.15, -0.1) is 11.3 Å². The van der Waals surface area contributed by atoms with E-state index in [4.69, 9.17) is 10.00 Å². The number of aromatic nitrogens is 1. The maximum Gasteiger partial charge on any atom is 0.416 e. The minimum Gasteiger partial charge on any atom is -0.447 e.